The van der Waals surface area contributed by atoms with Gasteiger partial charge in [0.25, 0.3) is 22.2 Å². The second kappa shape index (κ2) is 23.7. The van der Waals surface area contributed by atoms with Crippen molar-refractivity contribution in [3.8, 4) is 22.9 Å². The van der Waals surface area contributed by atoms with Gasteiger partial charge in [-0.05, 0) is 96.2 Å². The first-order valence-corrected chi connectivity index (χ1v) is 34.1. The molecule has 10 aromatic carbocycles. The van der Waals surface area contributed by atoms with Gasteiger partial charge in [0, 0.05) is 56.5 Å². The smallest absolute Gasteiger partial charge is 0.262 e. The Hall–Kier alpha value is -8.93. The van der Waals surface area contributed by atoms with Crippen LogP contribution in [0.15, 0.2) is 225 Å². The SMILES string of the molecule is CCCCC(CC)Cn1c(=O)c2cc(C#C[Si](c3ccccc3)(c3ccccc3)c3ccccc3)c3cc4c(=O)n(CC(CC)CCCC)c(=O)c5c(C#C[Si](c6ccccc6)(c6ccccc6)c6ccccc6)cc6cc(c1=O)c2c3c6c45. The molecular formula is C76H68N2O4Si2. The van der Waals surface area contributed by atoms with Gasteiger partial charge in [-0.15, -0.1) is 11.1 Å². The van der Waals surface area contributed by atoms with Gasteiger partial charge in [-0.25, -0.2) is 0 Å². The van der Waals surface area contributed by atoms with Crippen molar-refractivity contribution in [2.45, 2.75) is 92.2 Å². The van der Waals surface area contributed by atoms with E-state index in [1.807, 2.05) is 60.7 Å². The summed E-state index contributed by atoms with van der Waals surface area (Å²) in [6.45, 7) is 9.15. The summed E-state index contributed by atoms with van der Waals surface area (Å²) >= 11 is 0. The number of hydrogen-bond acceptors (Lipinski definition) is 4. The highest BCUT2D eigenvalue weighted by Gasteiger charge is 2.40. The van der Waals surface area contributed by atoms with Crippen LogP contribution in [-0.2, 0) is 13.1 Å². The van der Waals surface area contributed by atoms with Gasteiger partial charge >= 0.3 is 0 Å². The van der Waals surface area contributed by atoms with Crippen molar-refractivity contribution in [3.63, 3.8) is 0 Å². The van der Waals surface area contributed by atoms with E-state index in [9.17, 15) is 0 Å². The van der Waals surface area contributed by atoms with Gasteiger partial charge in [0.1, 0.15) is 0 Å². The Balaban J connectivity index is 1.26. The number of unbranched alkanes of at least 4 members (excludes halogenated alkanes) is 2. The Morgan fingerprint density at radius 2 is 0.702 bits per heavy atom. The average Bonchev–Trinajstić information content (AvgIpc) is 1.04. The van der Waals surface area contributed by atoms with E-state index in [0.717, 1.165) is 82.5 Å². The fourth-order valence-corrected chi connectivity index (χ4v) is 21.1. The Labute approximate surface area is 493 Å². The molecule has 2 aromatic heterocycles. The quantitative estimate of drug-likeness (QED) is 0.0282. The fourth-order valence-electron chi connectivity index (χ4n) is 13.4. The molecule has 0 radical (unpaired) electrons. The van der Waals surface area contributed by atoms with Gasteiger partial charge in [-0.2, -0.15) is 0 Å². The predicted octanol–water partition coefficient (Wildman–Crippen LogP) is 11.4. The van der Waals surface area contributed by atoms with Crippen LogP contribution in [0.1, 0.15) is 90.2 Å². The minimum absolute atomic E-state index is 0.0811. The third kappa shape index (κ3) is 9.58. The molecule has 0 spiro atoms. The van der Waals surface area contributed by atoms with E-state index < -0.39 is 16.1 Å². The highest BCUT2D eigenvalue weighted by Crippen LogP contribution is 2.43. The van der Waals surface area contributed by atoms with E-state index in [1.165, 1.54) is 9.13 Å². The van der Waals surface area contributed by atoms with Crippen LogP contribution < -0.4 is 53.4 Å². The number of rotatable bonds is 18. The van der Waals surface area contributed by atoms with Gasteiger partial charge in [-0.3, -0.25) is 28.3 Å². The van der Waals surface area contributed by atoms with E-state index in [1.54, 1.807) is 0 Å². The minimum atomic E-state index is -3.22. The number of nitrogens with zero attached hydrogens (tertiary/aromatic N) is 2. The Bertz CT molecular complexity index is 4510. The van der Waals surface area contributed by atoms with Crippen LogP contribution in [-0.4, -0.2) is 25.3 Å². The molecule has 0 aliphatic rings. The second-order valence-electron chi connectivity index (χ2n) is 22.9. The maximum absolute atomic E-state index is 16.0. The first-order valence-electron chi connectivity index (χ1n) is 30.1. The number of benzene rings is 10. The monoisotopic (exact) mass is 1130 g/mol. The number of hydrogen-bond donors (Lipinski definition) is 0. The molecule has 0 N–H and O–H groups in total. The summed E-state index contributed by atoms with van der Waals surface area (Å²) in [4.78, 5) is 62.9. The average molecular weight is 1130 g/mol. The molecule has 84 heavy (non-hydrogen) atoms. The summed E-state index contributed by atoms with van der Waals surface area (Å²) in [5.41, 5.74) is 7.60. The normalized spacial score (nSPS) is 12.7. The van der Waals surface area contributed by atoms with Crippen molar-refractivity contribution in [2.75, 3.05) is 0 Å². The summed E-state index contributed by atoms with van der Waals surface area (Å²) in [7, 11) is -6.44. The number of pyridine rings is 2. The molecule has 0 fully saturated rings. The molecule has 0 aliphatic heterocycles. The largest absolute Gasteiger partial charge is 0.274 e. The highest BCUT2D eigenvalue weighted by atomic mass is 28.3. The molecule has 2 atom stereocenters. The van der Waals surface area contributed by atoms with Crippen LogP contribution in [0.2, 0.25) is 0 Å². The van der Waals surface area contributed by atoms with Gasteiger partial charge in [0.2, 0.25) is 16.1 Å². The first-order chi connectivity index (χ1) is 41.2. The van der Waals surface area contributed by atoms with Crippen molar-refractivity contribution < 1.29 is 0 Å². The van der Waals surface area contributed by atoms with Crippen LogP contribution in [0.25, 0.3) is 53.9 Å². The zero-order valence-corrected chi connectivity index (χ0v) is 50.4. The molecule has 0 aliphatic carbocycles. The van der Waals surface area contributed by atoms with Crippen LogP contribution in [0.5, 0.6) is 0 Å². The van der Waals surface area contributed by atoms with E-state index in [-0.39, 0.29) is 47.2 Å². The summed E-state index contributed by atoms with van der Waals surface area (Å²) in [5.74, 6) is 7.75. The van der Waals surface area contributed by atoms with Gasteiger partial charge < -0.3 is 0 Å². The number of aromatic nitrogens is 2. The molecule has 12 rings (SSSR count). The standard InChI is InChI=1S/C76H68N2O4Si2/c1-5-9-29-53(7-3)51-77-73(79)65-48-55(43-45-83(58-31-17-11-18-32-58,59-33-19-12-20-34-59)60-35-21-13-22-36-60)64-50-67-72-68-57(49-66(74(77)80)70(65)71(64)68)47-56(69(72)76(82)78(75(67)81)52-54(8-4)30-10-6-2)44-46-84(61-37-23-14-24-38-61,62-39-25-15-26-40-62)63-41-27-16-28-42-63/h11-28,31-42,47-50,53-54H,5-10,29-30,51-52H2,1-4H3. The molecule has 8 heteroatoms. The van der Waals surface area contributed by atoms with Crippen LogP contribution >= 0.6 is 0 Å². The van der Waals surface area contributed by atoms with Crippen LogP contribution in [0, 0.1) is 34.8 Å². The first kappa shape index (κ1) is 55.6. The van der Waals surface area contributed by atoms with E-state index in [0.29, 0.717) is 65.0 Å². The summed E-state index contributed by atoms with van der Waals surface area (Å²) in [6.07, 6.45) is 7.36. The molecule has 0 saturated heterocycles. The third-order valence-corrected chi connectivity index (χ3v) is 26.2. The lowest BCUT2D eigenvalue weighted by Crippen LogP contribution is -2.66. The third-order valence-electron chi connectivity index (χ3n) is 18.0. The zero-order chi connectivity index (χ0) is 58.0. The van der Waals surface area contributed by atoms with Gasteiger partial charge in [0.15, 0.2) is 0 Å². The summed E-state index contributed by atoms with van der Waals surface area (Å²) in [6, 6.07) is 70.7. The molecule has 414 valence electrons. The molecule has 12 aromatic rings. The summed E-state index contributed by atoms with van der Waals surface area (Å²) < 4.78 is 2.95. The van der Waals surface area contributed by atoms with Crippen LogP contribution in [0.4, 0.5) is 0 Å². The second-order valence-corrected chi connectivity index (χ2v) is 29.8. The van der Waals surface area contributed by atoms with Crippen molar-refractivity contribution in [1.82, 2.24) is 9.13 Å². The fraction of sp³-hybridized carbons (Fsp3) is 0.211. The maximum atomic E-state index is 16.0. The molecular weight excluding hydrogens is 1060 g/mol. The Kier molecular flexibility index (Phi) is 15.7. The Morgan fingerprint density at radius 1 is 0.357 bits per heavy atom. The molecule has 2 unspecified atom stereocenters. The zero-order valence-electron chi connectivity index (χ0n) is 48.4. The Morgan fingerprint density at radius 3 is 1.08 bits per heavy atom. The van der Waals surface area contributed by atoms with E-state index in [2.05, 4.69) is 196 Å². The lowest BCUT2D eigenvalue weighted by molar-refractivity contribution is 0.382. The van der Waals surface area contributed by atoms with Crippen molar-refractivity contribution in [2.24, 2.45) is 11.8 Å². The highest BCUT2D eigenvalue weighted by molar-refractivity contribution is 7.17. The predicted molar refractivity (Wildman–Crippen MR) is 357 cm³/mol. The minimum Gasteiger partial charge on any atom is -0.274 e. The van der Waals surface area contributed by atoms with Crippen molar-refractivity contribution in [1.29, 1.82) is 0 Å². The lowest BCUT2D eigenvalue weighted by Gasteiger charge is -2.28. The van der Waals surface area contributed by atoms with Crippen molar-refractivity contribution >= 4 is 101 Å². The molecule has 0 bridgehead atoms. The molecule has 6 nitrogen and oxygen atoms in total. The molecule has 0 saturated carbocycles. The summed E-state index contributed by atoms with van der Waals surface area (Å²) in [5, 5.41) is 11.8. The van der Waals surface area contributed by atoms with Gasteiger partial charge in [-0.1, -0.05) is 260 Å². The van der Waals surface area contributed by atoms with Crippen LogP contribution in [0.3, 0.4) is 0 Å². The molecule has 0 amide bonds. The topological polar surface area (TPSA) is 78.1 Å². The van der Waals surface area contributed by atoms with E-state index in [4.69, 9.17) is 0 Å². The van der Waals surface area contributed by atoms with E-state index >= 15 is 19.2 Å². The lowest BCUT2D eigenvalue weighted by atomic mass is 9.84. The maximum Gasteiger partial charge on any atom is 0.262 e. The molecule has 2 heterocycles. The van der Waals surface area contributed by atoms with Gasteiger partial charge in [0.05, 0.1) is 5.39 Å². The van der Waals surface area contributed by atoms with Crippen molar-refractivity contribution in [3.05, 3.63) is 259 Å².